The van der Waals surface area contributed by atoms with Crippen LogP contribution in [0.4, 0.5) is 13.2 Å². The van der Waals surface area contributed by atoms with Gasteiger partial charge in [-0.1, -0.05) is 115 Å². The molecule has 0 bridgehead atoms. The Hall–Kier alpha value is -3.85. The summed E-state index contributed by atoms with van der Waals surface area (Å²) in [5.74, 6) is 0. The molecule has 0 unspecified atom stereocenters. The molecule has 0 fully saturated rings. The Kier molecular flexibility index (Phi) is 9.30. The SMILES string of the molecule is C=Cc1cc(C(F)(F)F)c(/C=C/c2cccc(-c3ccccc3)c2C)cc1CCC(=C)/C=C(C)\C=C/C. The van der Waals surface area contributed by atoms with Gasteiger partial charge in [-0.05, 0) is 78.6 Å². The maximum atomic E-state index is 14.0. The minimum absolute atomic E-state index is 0.142. The molecule has 0 spiro atoms. The van der Waals surface area contributed by atoms with Crippen LogP contribution in [0.1, 0.15) is 53.6 Å². The zero-order valence-electron chi connectivity index (χ0n) is 21.7. The van der Waals surface area contributed by atoms with Crippen molar-refractivity contribution in [3.8, 4) is 11.1 Å². The number of halogens is 3. The van der Waals surface area contributed by atoms with Crippen molar-refractivity contribution in [2.24, 2.45) is 0 Å². The Bertz CT molecular complexity index is 1350. The molecule has 0 saturated heterocycles. The molecule has 0 heterocycles. The highest BCUT2D eigenvalue weighted by molar-refractivity contribution is 5.79. The first-order chi connectivity index (χ1) is 17.6. The summed E-state index contributed by atoms with van der Waals surface area (Å²) in [4.78, 5) is 0. The van der Waals surface area contributed by atoms with E-state index in [1.807, 2.05) is 87.5 Å². The quantitative estimate of drug-likeness (QED) is 0.203. The average molecular weight is 499 g/mol. The van der Waals surface area contributed by atoms with Crippen molar-refractivity contribution >= 4 is 18.2 Å². The van der Waals surface area contributed by atoms with Crippen molar-refractivity contribution in [2.45, 2.75) is 39.8 Å². The molecule has 0 atom stereocenters. The van der Waals surface area contributed by atoms with E-state index in [1.165, 1.54) is 12.1 Å². The van der Waals surface area contributed by atoms with Gasteiger partial charge in [0.05, 0.1) is 5.56 Å². The zero-order valence-corrected chi connectivity index (χ0v) is 21.7. The van der Waals surface area contributed by atoms with E-state index in [2.05, 4.69) is 13.2 Å². The monoisotopic (exact) mass is 498 g/mol. The average Bonchev–Trinajstić information content (AvgIpc) is 2.86. The summed E-state index contributed by atoms with van der Waals surface area (Å²) >= 11 is 0. The summed E-state index contributed by atoms with van der Waals surface area (Å²) < 4.78 is 42.1. The van der Waals surface area contributed by atoms with Crippen molar-refractivity contribution in [3.05, 3.63) is 137 Å². The Morgan fingerprint density at radius 1 is 0.919 bits per heavy atom. The molecule has 0 aliphatic heterocycles. The molecule has 37 heavy (non-hydrogen) atoms. The standard InChI is InChI=1S/C34H33F3/c1-6-12-24(3)21-25(4)17-18-30-22-31(33(34(35,36)37)23-27(30)7-2)20-19-28-15-11-16-32(26(28)5)29-13-9-8-10-14-29/h6-16,19-23H,2,4,17-18H2,1,3,5H3/b12-6-,20-19+,24-21-. The molecule has 0 aliphatic rings. The van der Waals surface area contributed by atoms with E-state index in [0.29, 0.717) is 18.4 Å². The second-order valence-corrected chi connectivity index (χ2v) is 9.11. The van der Waals surface area contributed by atoms with Gasteiger partial charge in [-0.3, -0.25) is 0 Å². The van der Waals surface area contributed by atoms with Crippen LogP contribution in [0.5, 0.6) is 0 Å². The Balaban J connectivity index is 1.99. The van der Waals surface area contributed by atoms with Gasteiger partial charge < -0.3 is 0 Å². The van der Waals surface area contributed by atoms with Gasteiger partial charge in [-0.25, -0.2) is 0 Å². The van der Waals surface area contributed by atoms with Gasteiger partial charge in [-0.15, -0.1) is 0 Å². The van der Waals surface area contributed by atoms with E-state index >= 15 is 0 Å². The molecule has 3 aromatic rings. The van der Waals surface area contributed by atoms with Gasteiger partial charge >= 0.3 is 6.18 Å². The van der Waals surface area contributed by atoms with Crippen molar-refractivity contribution in [3.63, 3.8) is 0 Å². The fourth-order valence-corrected chi connectivity index (χ4v) is 4.41. The second kappa shape index (κ2) is 12.4. The highest BCUT2D eigenvalue weighted by atomic mass is 19.4. The highest BCUT2D eigenvalue weighted by Crippen LogP contribution is 2.36. The van der Waals surface area contributed by atoms with E-state index in [9.17, 15) is 13.2 Å². The number of hydrogen-bond acceptors (Lipinski definition) is 0. The van der Waals surface area contributed by atoms with Crippen LogP contribution in [0.25, 0.3) is 29.4 Å². The van der Waals surface area contributed by atoms with E-state index in [-0.39, 0.29) is 5.56 Å². The van der Waals surface area contributed by atoms with E-state index < -0.39 is 11.7 Å². The second-order valence-electron chi connectivity index (χ2n) is 9.11. The Morgan fingerprint density at radius 2 is 1.62 bits per heavy atom. The van der Waals surface area contributed by atoms with Gasteiger partial charge in [0.15, 0.2) is 0 Å². The summed E-state index contributed by atoms with van der Waals surface area (Å²) in [5, 5.41) is 0. The zero-order chi connectivity index (χ0) is 27.0. The number of allylic oxidation sites excluding steroid dienone is 5. The minimum Gasteiger partial charge on any atom is -0.166 e. The summed E-state index contributed by atoms with van der Waals surface area (Å²) in [6.45, 7) is 13.8. The van der Waals surface area contributed by atoms with Crippen LogP contribution in [0.3, 0.4) is 0 Å². The van der Waals surface area contributed by atoms with Crippen LogP contribution in [-0.2, 0) is 12.6 Å². The number of aryl methyl sites for hydroxylation is 1. The molecular formula is C34H33F3. The fourth-order valence-electron chi connectivity index (χ4n) is 4.41. The van der Waals surface area contributed by atoms with Crippen LogP contribution in [0.2, 0.25) is 0 Å². The van der Waals surface area contributed by atoms with Gasteiger partial charge in [0.1, 0.15) is 0 Å². The predicted molar refractivity (Wildman–Crippen MR) is 153 cm³/mol. The molecule has 0 saturated carbocycles. The topological polar surface area (TPSA) is 0 Å². The third-order valence-corrected chi connectivity index (χ3v) is 6.32. The van der Waals surface area contributed by atoms with Crippen LogP contribution >= 0.6 is 0 Å². The summed E-state index contributed by atoms with van der Waals surface area (Å²) in [5.41, 5.74) is 6.82. The molecule has 3 heteroatoms. The van der Waals surface area contributed by atoms with E-state index in [4.69, 9.17) is 0 Å². The predicted octanol–water partition coefficient (Wildman–Crippen LogP) is 10.5. The molecule has 0 amide bonds. The minimum atomic E-state index is -4.48. The lowest BCUT2D eigenvalue weighted by Gasteiger charge is -2.16. The first kappa shape index (κ1) is 27.7. The van der Waals surface area contributed by atoms with Gasteiger partial charge in [-0.2, -0.15) is 13.2 Å². The van der Waals surface area contributed by atoms with E-state index in [1.54, 1.807) is 18.2 Å². The van der Waals surface area contributed by atoms with Gasteiger partial charge in [0.2, 0.25) is 0 Å². The number of alkyl halides is 3. The maximum Gasteiger partial charge on any atom is 0.417 e. The molecule has 3 aromatic carbocycles. The lowest BCUT2D eigenvalue weighted by molar-refractivity contribution is -0.137. The third-order valence-electron chi connectivity index (χ3n) is 6.32. The van der Waals surface area contributed by atoms with Crippen LogP contribution in [0.15, 0.2) is 103 Å². The largest absolute Gasteiger partial charge is 0.417 e. The summed E-state index contributed by atoms with van der Waals surface area (Å²) in [6.07, 6.45) is 7.52. The Morgan fingerprint density at radius 3 is 2.27 bits per heavy atom. The van der Waals surface area contributed by atoms with Crippen molar-refractivity contribution < 1.29 is 13.2 Å². The number of rotatable bonds is 9. The van der Waals surface area contributed by atoms with Crippen LogP contribution < -0.4 is 0 Å². The third kappa shape index (κ3) is 7.33. The van der Waals surface area contributed by atoms with Crippen molar-refractivity contribution in [2.75, 3.05) is 0 Å². The molecule has 0 aliphatic carbocycles. The molecule has 0 N–H and O–H groups in total. The van der Waals surface area contributed by atoms with Gasteiger partial charge in [0, 0.05) is 0 Å². The lowest BCUT2D eigenvalue weighted by Crippen LogP contribution is -2.09. The smallest absolute Gasteiger partial charge is 0.166 e. The summed E-state index contributed by atoms with van der Waals surface area (Å²) in [7, 11) is 0. The molecule has 0 nitrogen and oxygen atoms in total. The number of benzene rings is 3. The maximum absolute atomic E-state index is 14.0. The molecule has 0 radical (unpaired) electrons. The fraction of sp³-hybridized carbons (Fsp3) is 0.176. The normalized spacial score (nSPS) is 12.4. The number of hydrogen-bond donors (Lipinski definition) is 0. The molecule has 3 rings (SSSR count). The molecule has 190 valence electrons. The Labute approximate surface area is 218 Å². The van der Waals surface area contributed by atoms with Crippen molar-refractivity contribution in [1.82, 2.24) is 0 Å². The van der Waals surface area contributed by atoms with E-state index in [0.717, 1.165) is 39.0 Å². The van der Waals surface area contributed by atoms with Gasteiger partial charge in [0.25, 0.3) is 0 Å². The lowest BCUT2D eigenvalue weighted by atomic mass is 9.92. The highest BCUT2D eigenvalue weighted by Gasteiger charge is 2.33. The van der Waals surface area contributed by atoms with Crippen molar-refractivity contribution in [1.29, 1.82) is 0 Å². The first-order valence-corrected chi connectivity index (χ1v) is 12.3. The van der Waals surface area contributed by atoms with Crippen LogP contribution in [-0.4, -0.2) is 0 Å². The van der Waals surface area contributed by atoms with Crippen LogP contribution in [0, 0.1) is 6.92 Å². The first-order valence-electron chi connectivity index (χ1n) is 12.3. The molecule has 0 aromatic heterocycles. The molecular weight excluding hydrogens is 465 g/mol. The summed E-state index contributed by atoms with van der Waals surface area (Å²) in [6, 6.07) is 18.7.